The standard InChI is InChI=1S/C21H25NO2S/c1-2-24-20-13-12-16(21(23)22-18-8-6-7-9-18)14-17(20)15-25-19-10-4-3-5-11-19/h3-5,10-14,18H,2,6-9,15H2,1H3,(H,22,23). The number of ether oxygens (including phenoxy) is 1. The van der Waals surface area contributed by atoms with Crippen LogP contribution in [0.4, 0.5) is 0 Å². The first-order chi connectivity index (χ1) is 12.3. The number of carbonyl (C=O) groups excluding carboxylic acids is 1. The molecule has 3 rings (SSSR count). The van der Waals surface area contributed by atoms with E-state index in [-0.39, 0.29) is 5.91 Å². The van der Waals surface area contributed by atoms with Crippen molar-refractivity contribution < 1.29 is 9.53 Å². The molecule has 4 heteroatoms. The maximum absolute atomic E-state index is 12.5. The summed E-state index contributed by atoms with van der Waals surface area (Å²) < 4.78 is 5.75. The molecule has 2 aromatic rings. The van der Waals surface area contributed by atoms with E-state index in [1.54, 1.807) is 11.8 Å². The van der Waals surface area contributed by atoms with E-state index >= 15 is 0 Å². The van der Waals surface area contributed by atoms with Crippen LogP contribution < -0.4 is 10.1 Å². The van der Waals surface area contributed by atoms with E-state index < -0.39 is 0 Å². The van der Waals surface area contributed by atoms with Gasteiger partial charge in [0.25, 0.3) is 5.91 Å². The second-order valence-electron chi connectivity index (χ2n) is 6.31. The fraction of sp³-hybridized carbons (Fsp3) is 0.381. The fourth-order valence-corrected chi connectivity index (χ4v) is 4.04. The minimum absolute atomic E-state index is 0.0286. The van der Waals surface area contributed by atoms with Crippen molar-refractivity contribution in [3.63, 3.8) is 0 Å². The lowest BCUT2D eigenvalue weighted by molar-refractivity contribution is 0.0937. The van der Waals surface area contributed by atoms with Gasteiger partial charge in [-0.1, -0.05) is 31.0 Å². The summed E-state index contributed by atoms with van der Waals surface area (Å²) in [4.78, 5) is 13.8. The monoisotopic (exact) mass is 355 g/mol. The number of carbonyl (C=O) groups is 1. The molecule has 0 radical (unpaired) electrons. The largest absolute Gasteiger partial charge is 0.494 e. The molecule has 2 aromatic carbocycles. The molecule has 1 aliphatic carbocycles. The summed E-state index contributed by atoms with van der Waals surface area (Å²) in [6.45, 7) is 2.60. The van der Waals surface area contributed by atoms with E-state index in [0.717, 1.165) is 35.5 Å². The topological polar surface area (TPSA) is 38.3 Å². The molecular weight excluding hydrogens is 330 g/mol. The summed E-state index contributed by atoms with van der Waals surface area (Å²) in [5.41, 5.74) is 1.79. The third-order valence-corrected chi connectivity index (χ3v) is 5.51. The molecule has 0 atom stereocenters. The average Bonchev–Trinajstić information content (AvgIpc) is 3.15. The predicted octanol–water partition coefficient (Wildman–Crippen LogP) is 5.05. The molecule has 0 aromatic heterocycles. The van der Waals surface area contributed by atoms with Crippen LogP contribution in [0.5, 0.6) is 5.75 Å². The summed E-state index contributed by atoms with van der Waals surface area (Å²) in [6.07, 6.45) is 4.62. The Kier molecular flexibility index (Phi) is 6.40. The van der Waals surface area contributed by atoms with Gasteiger partial charge in [0.2, 0.25) is 0 Å². The van der Waals surface area contributed by atoms with Crippen LogP contribution in [0.2, 0.25) is 0 Å². The molecule has 3 nitrogen and oxygen atoms in total. The van der Waals surface area contributed by atoms with Crippen molar-refractivity contribution in [2.45, 2.75) is 49.3 Å². The first-order valence-electron chi connectivity index (χ1n) is 9.00. The first-order valence-corrected chi connectivity index (χ1v) is 9.99. The average molecular weight is 356 g/mol. The second kappa shape index (κ2) is 8.95. The molecule has 0 saturated heterocycles. The quantitative estimate of drug-likeness (QED) is 0.706. The summed E-state index contributed by atoms with van der Waals surface area (Å²) in [5, 5.41) is 3.16. The molecular formula is C21H25NO2S. The highest BCUT2D eigenvalue weighted by atomic mass is 32.2. The highest BCUT2D eigenvalue weighted by Gasteiger charge is 2.18. The van der Waals surface area contributed by atoms with Crippen LogP contribution >= 0.6 is 11.8 Å². The van der Waals surface area contributed by atoms with Gasteiger partial charge >= 0.3 is 0 Å². The molecule has 132 valence electrons. The van der Waals surface area contributed by atoms with E-state index in [2.05, 4.69) is 17.4 Å². The molecule has 0 aliphatic heterocycles. The number of hydrogen-bond donors (Lipinski definition) is 1. The molecule has 0 heterocycles. The maximum atomic E-state index is 12.5. The third kappa shape index (κ3) is 5.02. The van der Waals surface area contributed by atoms with Gasteiger partial charge in [-0.3, -0.25) is 4.79 Å². The molecule has 1 saturated carbocycles. The van der Waals surface area contributed by atoms with E-state index in [1.165, 1.54) is 17.7 Å². The molecule has 25 heavy (non-hydrogen) atoms. The van der Waals surface area contributed by atoms with Crippen LogP contribution in [0.1, 0.15) is 48.5 Å². The van der Waals surface area contributed by atoms with Crippen molar-refractivity contribution >= 4 is 17.7 Å². The number of amides is 1. The van der Waals surface area contributed by atoms with Gasteiger partial charge < -0.3 is 10.1 Å². The SMILES string of the molecule is CCOc1ccc(C(=O)NC2CCCC2)cc1CSc1ccccc1. The lowest BCUT2D eigenvalue weighted by Gasteiger charge is -2.15. The molecule has 1 N–H and O–H groups in total. The van der Waals surface area contributed by atoms with Gasteiger partial charge in [-0.25, -0.2) is 0 Å². The van der Waals surface area contributed by atoms with Crippen LogP contribution in [-0.4, -0.2) is 18.6 Å². The highest BCUT2D eigenvalue weighted by Crippen LogP contribution is 2.29. The third-order valence-electron chi connectivity index (χ3n) is 4.45. The van der Waals surface area contributed by atoms with Crippen molar-refractivity contribution in [3.8, 4) is 5.75 Å². The number of thioether (sulfide) groups is 1. The smallest absolute Gasteiger partial charge is 0.251 e. The molecule has 0 unspecified atom stereocenters. The van der Waals surface area contributed by atoms with Crippen LogP contribution in [-0.2, 0) is 5.75 Å². The van der Waals surface area contributed by atoms with Crippen molar-refractivity contribution in [2.75, 3.05) is 6.61 Å². The van der Waals surface area contributed by atoms with Crippen molar-refractivity contribution in [3.05, 3.63) is 59.7 Å². The molecule has 0 bridgehead atoms. The second-order valence-corrected chi connectivity index (χ2v) is 7.36. The Bertz CT molecular complexity index is 696. The lowest BCUT2D eigenvalue weighted by atomic mass is 10.1. The Morgan fingerprint density at radius 1 is 1.16 bits per heavy atom. The van der Waals surface area contributed by atoms with Gasteiger partial charge in [0.15, 0.2) is 0 Å². The van der Waals surface area contributed by atoms with Gasteiger partial charge in [-0.05, 0) is 50.1 Å². The zero-order valence-corrected chi connectivity index (χ0v) is 15.5. The number of nitrogens with one attached hydrogen (secondary N) is 1. The molecule has 1 aliphatic rings. The summed E-state index contributed by atoms with van der Waals surface area (Å²) in [6, 6.07) is 16.4. The Morgan fingerprint density at radius 3 is 2.64 bits per heavy atom. The van der Waals surface area contributed by atoms with Crippen LogP contribution in [0.25, 0.3) is 0 Å². The Labute approximate surface area is 154 Å². The first kappa shape index (κ1) is 17.9. The van der Waals surface area contributed by atoms with Gasteiger partial charge in [-0.15, -0.1) is 11.8 Å². The van der Waals surface area contributed by atoms with E-state index in [0.29, 0.717) is 12.6 Å². The summed E-state index contributed by atoms with van der Waals surface area (Å²) in [7, 11) is 0. The molecule has 1 amide bonds. The van der Waals surface area contributed by atoms with Gasteiger partial charge in [0.1, 0.15) is 5.75 Å². The zero-order chi connectivity index (χ0) is 17.5. The minimum atomic E-state index is 0.0286. The van der Waals surface area contributed by atoms with Crippen LogP contribution in [0.15, 0.2) is 53.4 Å². The van der Waals surface area contributed by atoms with Crippen molar-refractivity contribution in [2.24, 2.45) is 0 Å². The molecule has 1 fully saturated rings. The molecule has 0 spiro atoms. The maximum Gasteiger partial charge on any atom is 0.251 e. The summed E-state index contributed by atoms with van der Waals surface area (Å²) in [5.74, 6) is 1.67. The van der Waals surface area contributed by atoms with Gasteiger partial charge in [0.05, 0.1) is 6.61 Å². The van der Waals surface area contributed by atoms with E-state index in [1.807, 2.05) is 43.3 Å². The minimum Gasteiger partial charge on any atom is -0.494 e. The number of rotatable bonds is 7. The van der Waals surface area contributed by atoms with Crippen molar-refractivity contribution in [1.29, 1.82) is 0 Å². The Hall–Kier alpha value is -1.94. The van der Waals surface area contributed by atoms with Crippen LogP contribution in [0.3, 0.4) is 0 Å². The predicted molar refractivity (Wildman–Crippen MR) is 103 cm³/mol. The van der Waals surface area contributed by atoms with Gasteiger partial charge in [0, 0.05) is 27.8 Å². The van der Waals surface area contributed by atoms with Crippen LogP contribution in [0, 0.1) is 0 Å². The van der Waals surface area contributed by atoms with E-state index in [9.17, 15) is 4.79 Å². The lowest BCUT2D eigenvalue weighted by Crippen LogP contribution is -2.32. The Balaban J connectivity index is 1.72. The van der Waals surface area contributed by atoms with Crippen molar-refractivity contribution in [1.82, 2.24) is 5.32 Å². The fourth-order valence-electron chi connectivity index (χ4n) is 3.15. The number of benzene rings is 2. The normalized spacial score (nSPS) is 14.4. The van der Waals surface area contributed by atoms with Gasteiger partial charge in [-0.2, -0.15) is 0 Å². The number of hydrogen-bond acceptors (Lipinski definition) is 3. The summed E-state index contributed by atoms with van der Waals surface area (Å²) >= 11 is 1.76. The van der Waals surface area contributed by atoms with E-state index in [4.69, 9.17) is 4.74 Å². The Morgan fingerprint density at radius 2 is 1.92 bits per heavy atom. The zero-order valence-electron chi connectivity index (χ0n) is 14.7. The highest BCUT2D eigenvalue weighted by molar-refractivity contribution is 7.98.